The topological polar surface area (TPSA) is 85.2 Å². The number of carbonyl (C=O) groups is 2. The Balaban J connectivity index is 1.87. The molecule has 0 aliphatic carbocycles. The third-order valence-corrected chi connectivity index (χ3v) is 5.18. The molecule has 0 saturated heterocycles. The summed E-state index contributed by atoms with van der Waals surface area (Å²) in [5, 5.41) is 17.7. The highest BCUT2D eigenvalue weighted by Crippen LogP contribution is 2.25. The van der Waals surface area contributed by atoms with Gasteiger partial charge in [0.05, 0.1) is 22.8 Å². The maximum absolute atomic E-state index is 12.3. The van der Waals surface area contributed by atoms with E-state index in [0.717, 1.165) is 6.42 Å². The van der Waals surface area contributed by atoms with Gasteiger partial charge < -0.3 is 10.6 Å². The Bertz CT molecular complexity index is 879. The van der Waals surface area contributed by atoms with Crippen molar-refractivity contribution in [1.29, 1.82) is 5.26 Å². The normalized spacial score (nSPS) is 10.5. The fourth-order valence-electron chi connectivity index (χ4n) is 2.51. The zero-order valence-electron chi connectivity index (χ0n) is 15.3. The van der Waals surface area contributed by atoms with E-state index in [1.807, 2.05) is 17.9 Å². The van der Waals surface area contributed by atoms with Gasteiger partial charge in [0.15, 0.2) is 0 Å². The molecule has 0 atom stereocenters. The summed E-state index contributed by atoms with van der Waals surface area (Å²) in [5.74, 6) is -0.413. The van der Waals surface area contributed by atoms with Crippen LogP contribution in [0.1, 0.15) is 25.3 Å². The molecule has 1 aromatic carbocycles. The first kappa shape index (κ1) is 22.2. The lowest BCUT2D eigenvalue weighted by atomic mass is 10.3. The average Bonchev–Trinajstić information content (AvgIpc) is 3.09. The monoisotopic (exact) mass is 438 g/mol. The quantitative estimate of drug-likeness (QED) is 0.598. The molecule has 2 rings (SSSR count). The number of hydrogen-bond acceptors (Lipinski definition) is 5. The molecule has 0 aliphatic rings. The molecule has 0 spiro atoms. The summed E-state index contributed by atoms with van der Waals surface area (Å²) in [4.78, 5) is 26.4. The van der Waals surface area contributed by atoms with E-state index in [2.05, 4.69) is 10.6 Å². The molecule has 0 aliphatic heterocycles. The molecule has 1 aromatic heterocycles. The Labute approximate surface area is 178 Å². The van der Waals surface area contributed by atoms with Crippen LogP contribution < -0.4 is 10.6 Å². The summed E-state index contributed by atoms with van der Waals surface area (Å²) in [7, 11) is 0. The van der Waals surface area contributed by atoms with E-state index in [9.17, 15) is 9.59 Å². The Hall–Kier alpha value is -2.11. The second-order valence-corrected chi connectivity index (χ2v) is 7.78. The van der Waals surface area contributed by atoms with Gasteiger partial charge >= 0.3 is 0 Å². The molecule has 148 valence electrons. The number of benzene rings is 1. The zero-order valence-corrected chi connectivity index (χ0v) is 17.6. The van der Waals surface area contributed by atoms with Crippen LogP contribution in [0.2, 0.25) is 10.0 Å². The maximum Gasteiger partial charge on any atom is 0.238 e. The molecule has 0 radical (unpaired) electrons. The van der Waals surface area contributed by atoms with Gasteiger partial charge in [-0.15, -0.1) is 11.3 Å². The van der Waals surface area contributed by atoms with Crippen LogP contribution in [-0.2, 0) is 9.59 Å². The van der Waals surface area contributed by atoms with Crippen molar-refractivity contribution in [2.75, 3.05) is 30.3 Å². The van der Waals surface area contributed by atoms with Crippen molar-refractivity contribution in [3.05, 3.63) is 45.3 Å². The number of hydrogen-bond donors (Lipinski definition) is 2. The van der Waals surface area contributed by atoms with E-state index in [-0.39, 0.29) is 24.8 Å². The third-order valence-electron chi connectivity index (χ3n) is 3.81. The summed E-state index contributed by atoms with van der Waals surface area (Å²) >= 11 is 13.2. The summed E-state index contributed by atoms with van der Waals surface area (Å²) in [5.41, 5.74) is 0.940. The average molecular weight is 439 g/mol. The van der Waals surface area contributed by atoms with Crippen LogP contribution in [0, 0.1) is 11.3 Å². The molecule has 0 unspecified atom stereocenters. The highest BCUT2D eigenvalue weighted by atomic mass is 35.5. The van der Waals surface area contributed by atoms with Crippen LogP contribution in [0.5, 0.6) is 0 Å². The van der Waals surface area contributed by atoms with Gasteiger partial charge in [-0.25, -0.2) is 0 Å². The molecule has 2 aromatic rings. The van der Waals surface area contributed by atoms with Crippen molar-refractivity contribution in [2.45, 2.75) is 19.8 Å². The minimum Gasteiger partial charge on any atom is -0.324 e. The molecule has 9 heteroatoms. The van der Waals surface area contributed by atoms with Crippen molar-refractivity contribution in [3.63, 3.8) is 0 Å². The fraction of sp³-hybridized carbons (Fsp3) is 0.316. The summed E-state index contributed by atoms with van der Waals surface area (Å²) < 4.78 is 0. The standard InChI is InChI=1S/C19H20Cl2N4O2S/c1-2-7-25(8-5-17(26)24-19-13(11-22)6-9-28-19)12-18(27)23-16-4-3-14(20)10-15(16)21/h3-4,6,9-10H,2,5,7-8,12H2,1H3,(H,23,27)(H,24,26). The van der Waals surface area contributed by atoms with Crippen LogP contribution in [0.3, 0.4) is 0 Å². The molecule has 1 heterocycles. The minimum atomic E-state index is -0.219. The number of amides is 2. The van der Waals surface area contributed by atoms with E-state index < -0.39 is 0 Å². The molecule has 2 N–H and O–H groups in total. The van der Waals surface area contributed by atoms with Gasteiger partial charge in [0.1, 0.15) is 11.1 Å². The van der Waals surface area contributed by atoms with Gasteiger partial charge in [0, 0.05) is 18.0 Å². The highest BCUT2D eigenvalue weighted by molar-refractivity contribution is 7.14. The number of halogens is 2. The predicted molar refractivity (Wildman–Crippen MR) is 114 cm³/mol. The van der Waals surface area contributed by atoms with Crippen molar-refractivity contribution in [3.8, 4) is 6.07 Å². The van der Waals surface area contributed by atoms with E-state index in [4.69, 9.17) is 28.5 Å². The van der Waals surface area contributed by atoms with Gasteiger partial charge in [-0.1, -0.05) is 30.1 Å². The van der Waals surface area contributed by atoms with E-state index in [1.54, 1.807) is 29.6 Å². The highest BCUT2D eigenvalue weighted by Gasteiger charge is 2.14. The molecule has 0 saturated carbocycles. The number of carbonyl (C=O) groups excluding carboxylic acids is 2. The lowest BCUT2D eigenvalue weighted by Gasteiger charge is -2.21. The summed E-state index contributed by atoms with van der Waals surface area (Å²) in [6.07, 6.45) is 1.07. The fourth-order valence-corrected chi connectivity index (χ4v) is 3.72. The Morgan fingerprint density at radius 1 is 1.18 bits per heavy atom. The van der Waals surface area contributed by atoms with Gasteiger partial charge in [0.25, 0.3) is 0 Å². The number of nitrogens with one attached hydrogen (secondary N) is 2. The van der Waals surface area contributed by atoms with Gasteiger partial charge in [0.2, 0.25) is 11.8 Å². The second-order valence-electron chi connectivity index (χ2n) is 6.02. The van der Waals surface area contributed by atoms with Crippen LogP contribution in [0.15, 0.2) is 29.6 Å². The van der Waals surface area contributed by atoms with Gasteiger partial charge in [-0.3, -0.25) is 14.5 Å². The lowest BCUT2D eigenvalue weighted by Crippen LogP contribution is -2.36. The first-order chi connectivity index (χ1) is 13.4. The van der Waals surface area contributed by atoms with Gasteiger partial charge in [-0.05, 0) is 42.6 Å². The van der Waals surface area contributed by atoms with E-state index in [1.165, 1.54) is 11.3 Å². The second kappa shape index (κ2) is 11.0. The summed E-state index contributed by atoms with van der Waals surface area (Å²) in [6.45, 7) is 3.25. The molecular formula is C19H20Cl2N4O2S. The molecular weight excluding hydrogens is 419 g/mol. The van der Waals surface area contributed by atoms with Crippen LogP contribution in [-0.4, -0.2) is 36.3 Å². The van der Waals surface area contributed by atoms with Crippen LogP contribution >= 0.6 is 34.5 Å². The number of nitriles is 1. The molecule has 2 amide bonds. The smallest absolute Gasteiger partial charge is 0.238 e. The van der Waals surface area contributed by atoms with E-state index in [0.29, 0.717) is 39.4 Å². The molecule has 6 nitrogen and oxygen atoms in total. The van der Waals surface area contributed by atoms with Crippen molar-refractivity contribution >= 4 is 57.0 Å². The van der Waals surface area contributed by atoms with Gasteiger partial charge in [-0.2, -0.15) is 5.26 Å². The van der Waals surface area contributed by atoms with Crippen LogP contribution in [0.4, 0.5) is 10.7 Å². The number of anilines is 2. The third kappa shape index (κ3) is 6.80. The first-order valence-electron chi connectivity index (χ1n) is 8.67. The zero-order chi connectivity index (χ0) is 20.5. The molecule has 28 heavy (non-hydrogen) atoms. The summed E-state index contributed by atoms with van der Waals surface area (Å²) in [6, 6.07) is 8.56. The Morgan fingerprint density at radius 2 is 1.96 bits per heavy atom. The van der Waals surface area contributed by atoms with Crippen LogP contribution in [0.25, 0.3) is 0 Å². The first-order valence-corrected chi connectivity index (χ1v) is 10.3. The number of thiophene rings is 1. The number of nitrogens with zero attached hydrogens (tertiary/aromatic N) is 2. The predicted octanol–water partition coefficient (Wildman–Crippen LogP) is 4.61. The number of rotatable bonds is 9. The maximum atomic E-state index is 12.3. The SMILES string of the molecule is CCCN(CCC(=O)Nc1sccc1C#N)CC(=O)Nc1ccc(Cl)cc1Cl. The van der Waals surface area contributed by atoms with Crippen molar-refractivity contribution in [2.24, 2.45) is 0 Å². The molecule has 0 fully saturated rings. The Kier molecular flexibility index (Phi) is 8.74. The van der Waals surface area contributed by atoms with E-state index >= 15 is 0 Å². The lowest BCUT2D eigenvalue weighted by molar-refractivity contribution is -0.119. The minimum absolute atomic E-state index is 0.141. The van der Waals surface area contributed by atoms with Crippen molar-refractivity contribution in [1.82, 2.24) is 4.90 Å². The molecule has 0 bridgehead atoms. The van der Waals surface area contributed by atoms with Crippen molar-refractivity contribution < 1.29 is 9.59 Å². The largest absolute Gasteiger partial charge is 0.324 e. The Morgan fingerprint density at radius 3 is 2.64 bits per heavy atom.